The largest absolute Gasteiger partial charge is 0.390 e. The summed E-state index contributed by atoms with van der Waals surface area (Å²) in [5.41, 5.74) is 7.97. The summed E-state index contributed by atoms with van der Waals surface area (Å²) in [5.74, 6) is -5.41. The maximum absolute atomic E-state index is 14.6. The van der Waals surface area contributed by atoms with E-state index >= 15 is 0 Å². The monoisotopic (exact) mass is 1040 g/mol. The zero-order valence-corrected chi connectivity index (χ0v) is 43.0. The van der Waals surface area contributed by atoms with Gasteiger partial charge in [-0.3, -0.25) is 38.4 Å². The SMILES string of the molecule is CCC(C)[C@H](NC(=O)C[C@H](O)[C@H](CC(C)C)NC(=O)[C@H](Cc1cnc[nH]1)NC(=O)[C@H](Cc1ccccc1)NC(=O)[C@@H]1CCCN1C(=O)[C@H](Cc1cnc[nH]1)NC(=O)[C@@H]1CCCN1)C(=O)N[C@@H](Cc1cnc[nH]1)C(N)=O. The summed E-state index contributed by atoms with van der Waals surface area (Å²) in [6, 6.07) is 0.745. The summed E-state index contributed by atoms with van der Waals surface area (Å²) < 4.78 is 0. The number of hydrogen-bond acceptors (Lipinski definition) is 13. The number of nitrogens with zero attached hydrogens (tertiary/aromatic N) is 4. The fraction of sp³-hybridized carbons (Fsp3) is 0.549. The van der Waals surface area contributed by atoms with Gasteiger partial charge in [0.1, 0.15) is 36.3 Å². The van der Waals surface area contributed by atoms with Gasteiger partial charge in [-0.1, -0.05) is 64.4 Å². The van der Waals surface area contributed by atoms with E-state index < -0.39 is 108 Å². The quantitative estimate of drug-likeness (QED) is 0.0329. The molecule has 1 aromatic carbocycles. The Kier molecular flexibility index (Phi) is 21.0. The van der Waals surface area contributed by atoms with Crippen molar-refractivity contribution in [2.24, 2.45) is 17.6 Å². The van der Waals surface area contributed by atoms with E-state index in [0.717, 1.165) is 6.42 Å². The van der Waals surface area contributed by atoms with Crippen LogP contribution in [0.3, 0.4) is 0 Å². The lowest BCUT2D eigenvalue weighted by molar-refractivity contribution is -0.142. The first-order valence-corrected chi connectivity index (χ1v) is 25.8. The van der Waals surface area contributed by atoms with Gasteiger partial charge in [0.05, 0.1) is 43.6 Å². The third-order valence-electron chi connectivity index (χ3n) is 13.7. The fourth-order valence-electron chi connectivity index (χ4n) is 9.40. The first kappa shape index (κ1) is 56.8. The molecule has 2 aliphatic rings. The van der Waals surface area contributed by atoms with Gasteiger partial charge >= 0.3 is 0 Å². The van der Waals surface area contributed by atoms with Crippen molar-refractivity contribution in [2.75, 3.05) is 13.1 Å². The number of rotatable bonds is 28. The van der Waals surface area contributed by atoms with Gasteiger partial charge in [0.2, 0.25) is 47.3 Å². The highest BCUT2D eigenvalue weighted by Gasteiger charge is 2.41. The van der Waals surface area contributed by atoms with E-state index in [1.54, 1.807) is 37.4 Å². The molecule has 6 rings (SSSR count). The summed E-state index contributed by atoms with van der Waals surface area (Å²) in [6.45, 7) is 8.25. The molecule has 5 heterocycles. The van der Waals surface area contributed by atoms with Crippen LogP contribution >= 0.6 is 0 Å². The summed E-state index contributed by atoms with van der Waals surface area (Å²) in [4.78, 5) is 133. The molecule has 24 nitrogen and oxygen atoms in total. The van der Waals surface area contributed by atoms with Crippen LogP contribution in [0.2, 0.25) is 0 Å². The van der Waals surface area contributed by atoms with Crippen LogP contribution in [0.5, 0.6) is 0 Å². The second-order valence-corrected chi connectivity index (χ2v) is 20.0. The van der Waals surface area contributed by atoms with Gasteiger partial charge in [0, 0.05) is 67.9 Å². The molecular formula is C51H73N15O9. The second-order valence-electron chi connectivity index (χ2n) is 20.0. The maximum Gasteiger partial charge on any atom is 0.246 e. The van der Waals surface area contributed by atoms with Crippen molar-refractivity contribution in [3.8, 4) is 0 Å². The molecule has 0 bridgehead atoms. The lowest BCUT2D eigenvalue weighted by Crippen LogP contribution is -2.60. The van der Waals surface area contributed by atoms with E-state index in [2.05, 4.69) is 67.1 Å². The predicted octanol–water partition coefficient (Wildman–Crippen LogP) is -0.893. The zero-order valence-electron chi connectivity index (χ0n) is 43.0. The average molecular weight is 1040 g/mol. The first-order valence-electron chi connectivity index (χ1n) is 25.8. The third kappa shape index (κ3) is 16.8. The molecule has 0 saturated carbocycles. The molecular weight excluding hydrogens is 967 g/mol. The molecule has 2 saturated heterocycles. The standard InChI is InChI=1S/C51H73N15O9/c1-5-30(4)44(50(74)61-37(45(52)69)19-32-23-53-26-57-32)65-43(68)22-42(67)36(17-29(2)3)60-48(72)39(20-33-24-54-27-58-33)62-47(71)38(18-31-11-7-6-8-12-31)63-49(73)41-14-10-16-66(41)51(75)40(21-34-25-55-28-59-34)64-46(70)35-13-9-15-56-35/h6-8,11-12,23-30,35-42,44,56,67H,5,9-10,13-22H2,1-4H3,(H2,52,69)(H,53,57)(H,54,58)(H,55,59)(H,60,72)(H,61,74)(H,62,71)(H,63,73)(H,64,70)(H,65,68)/t30?,35-,36-,37-,38-,39-,40-,41-,42-,44-/m0/s1. The van der Waals surface area contributed by atoms with Gasteiger partial charge in [-0.05, 0) is 56.0 Å². The van der Waals surface area contributed by atoms with E-state index in [4.69, 9.17) is 5.73 Å². The molecule has 3 aromatic heterocycles. The zero-order chi connectivity index (χ0) is 54.0. The number of aliphatic hydroxyl groups excluding tert-OH is 1. The highest BCUT2D eigenvalue weighted by Crippen LogP contribution is 2.21. The van der Waals surface area contributed by atoms with E-state index in [1.165, 1.54) is 36.3 Å². The number of amides is 8. The lowest BCUT2D eigenvalue weighted by Gasteiger charge is -2.31. The van der Waals surface area contributed by atoms with Crippen LogP contribution in [0.1, 0.15) is 95.3 Å². The predicted molar refractivity (Wildman–Crippen MR) is 273 cm³/mol. The van der Waals surface area contributed by atoms with Gasteiger partial charge in [-0.2, -0.15) is 0 Å². The molecule has 0 spiro atoms. The number of carbonyl (C=O) groups excluding carboxylic acids is 8. The van der Waals surface area contributed by atoms with Crippen LogP contribution in [0.25, 0.3) is 0 Å². The molecule has 13 N–H and O–H groups in total. The summed E-state index contributed by atoms with van der Waals surface area (Å²) >= 11 is 0. The van der Waals surface area contributed by atoms with Crippen molar-refractivity contribution in [1.82, 2.24) is 72.0 Å². The molecule has 10 atom stereocenters. The van der Waals surface area contributed by atoms with Crippen molar-refractivity contribution in [3.05, 3.63) is 90.5 Å². The maximum atomic E-state index is 14.6. The van der Waals surface area contributed by atoms with Crippen LogP contribution in [-0.2, 0) is 64.0 Å². The number of benzene rings is 1. The second kappa shape index (κ2) is 27.7. The van der Waals surface area contributed by atoms with Crippen LogP contribution < -0.4 is 43.0 Å². The molecule has 1 unspecified atom stereocenters. The minimum atomic E-state index is -1.46. The third-order valence-corrected chi connectivity index (χ3v) is 13.7. The van der Waals surface area contributed by atoms with Crippen molar-refractivity contribution in [2.45, 2.75) is 153 Å². The number of nitrogens with one attached hydrogen (secondary N) is 10. The van der Waals surface area contributed by atoms with E-state index in [9.17, 15) is 43.5 Å². The van der Waals surface area contributed by atoms with Gasteiger partial charge in [0.15, 0.2) is 0 Å². The lowest BCUT2D eigenvalue weighted by atomic mass is 9.95. The molecule has 24 heteroatoms. The molecule has 4 aromatic rings. The van der Waals surface area contributed by atoms with Crippen molar-refractivity contribution >= 4 is 47.3 Å². The van der Waals surface area contributed by atoms with Crippen molar-refractivity contribution in [3.63, 3.8) is 0 Å². The molecule has 2 aliphatic heterocycles. The van der Waals surface area contributed by atoms with Crippen LogP contribution in [0, 0.1) is 11.8 Å². The minimum absolute atomic E-state index is 0.0112. The fourth-order valence-corrected chi connectivity index (χ4v) is 9.40. The van der Waals surface area contributed by atoms with Gasteiger partial charge in [0.25, 0.3) is 0 Å². The van der Waals surface area contributed by atoms with Gasteiger partial charge in [-0.15, -0.1) is 0 Å². The number of carbonyl (C=O) groups is 8. The van der Waals surface area contributed by atoms with Crippen molar-refractivity contribution < 1.29 is 43.5 Å². The summed E-state index contributed by atoms with van der Waals surface area (Å²) in [5, 5.41) is 31.6. The Morgan fingerprint density at radius 3 is 1.83 bits per heavy atom. The number of nitrogens with two attached hydrogens (primary N) is 1. The van der Waals surface area contributed by atoms with E-state index in [1.807, 2.05) is 26.8 Å². The number of aromatic amines is 3. The van der Waals surface area contributed by atoms with Crippen molar-refractivity contribution in [1.29, 1.82) is 0 Å². The number of hydrogen-bond donors (Lipinski definition) is 12. The van der Waals surface area contributed by atoms with E-state index in [0.29, 0.717) is 54.9 Å². The minimum Gasteiger partial charge on any atom is -0.390 e. The molecule has 2 fully saturated rings. The Balaban J connectivity index is 1.16. The number of likely N-dealkylation sites (tertiary alicyclic amines) is 1. The number of H-pyrrole nitrogens is 3. The van der Waals surface area contributed by atoms with Gasteiger partial charge < -0.3 is 67.9 Å². The smallest absolute Gasteiger partial charge is 0.246 e. The summed E-state index contributed by atoms with van der Waals surface area (Å²) in [7, 11) is 0. The summed E-state index contributed by atoms with van der Waals surface area (Å²) in [6.07, 6.45) is 9.87. The molecule has 0 radical (unpaired) electrons. The Morgan fingerprint density at radius 1 is 0.693 bits per heavy atom. The number of aliphatic hydroxyl groups is 1. The van der Waals surface area contributed by atoms with Gasteiger partial charge in [-0.25, -0.2) is 15.0 Å². The highest BCUT2D eigenvalue weighted by molar-refractivity contribution is 5.97. The molecule has 0 aliphatic carbocycles. The highest BCUT2D eigenvalue weighted by atomic mass is 16.3. The first-order chi connectivity index (χ1) is 36.0. The average Bonchev–Trinajstić information content (AvgIpc) is 4.25. The number of aromatic nitrogens is 6. The van der Waals surface area contributed by atoms with E-state index in [-0.39, 0.29) is 50.5 Å². The normalized spacial score (nSPS) is 18.6. The Bertz CT molecular complexity index is 2480. The van der Waals surface area contributed by atoms with Crippen LogP contribution in [-0.4, -0.2) is 155 Å². The van der Waals surface area contributed by atoms with Crippen LogP contribution in [0.15, 0.2) is 67.9 Å². The Morgan fingerprint density at radius 2 is 1.27 bits per heavy atom. The number of primary amides is 1. The molecule has 406 valence electrons. The van der Waals surface area contributed by atoms with Crippen LogP contribution in [0.4, 0.5) is 0 Å². The topological polar surface area (TPSA) is 356 Å². The molecule has 8 amide bonds. The number of imidazole rings is 3. The molecule has 75 heavy (non-hydrogen) atoms. The Labute approximate surface area is 435 Å². The Hall–Kier alpha value is -7.47.